The summed E-state index contributed by atoms with van der Waals surface area (Å²) >= 11 is 3.40. The van der Waals surface area contributed by atoms with E-state index in [0.717, 1.165) is 10.0 Å². The van der Waals surface area contributed by atoms with E-state index in [-0.39, 0.29) is 11.7 Å². The summed E-state index contributed by atoms with van der Waals surface area (Å²) in [7, 11) is 0. The summed E-state index contributed by atoms with van der Waals surface area (Å²) in [4.78, 5) is 22.8. The second-order valence-electron chi connectivity index (χ2n) is 3.59. The molecule has 0 unspecified atom stereocenters. The topological polar surface area (TPSA) is 46.2 Å². The largest absolute Gasteiger partial charge is 0.346 e. The van der Waals surface area contributed by atoms with Gasteiger partial charge in [-0.2, -0.15) is 0 Å². The molecule has 1 aromatic carbocycles. The molecule has 1 aliphatic carbocycles. The lowest BCUT2D eigenvalue weighted by Crippen LogP contribution is -2.37. The maximum Gasteiger partial charge on any atom is 0.217 e. The van der Waals surface area contributed by atoms with Crippen LogP contribution in [0.2, 0.25) is 0 Å². The molecular weight excluding hydrogens is 258 g/mol. The number of Topliss-reactive ketones (excluding diaryl/α,β-unsaturated/α-hetero) is 1. The Morgan fingerprint density at radius 3 is 2.87 bits per heavy atom. The Bertz CT molecular complexity index is 442. The molecule has 0 fully saturated rings. The van der Waals surface area contributed by atoms with Crippen LogP contribution in [-0.2, 0) is 11.2 Å². The van der Waals surface area contributed by atoms with Crippen molar-refractivity contribution >= 4 is 27.6 Å². The predicted octanol–water partition coefficient (Wildman–Crippen LogP) is 1.69. The summed E-state index contributed by atoms with van der Waals surface area (Å²) in [5.74, 6) is -0.168. The summed E-state index contributed by atoms with van der Waals surface area (Å²) in [6.07, 6.45) is 0.579. The molecule has 2 rings (SSSR count). The lowest BCUT2D eigenvalue weighted by atomic mass is 10.1. The first-order valence-electron chi connectivity index (χ1n) is 4.68. The maximum absolute atomic E-state index is 11.8. The number of hydrogen-bond acceptors (Lipinski definition) is 2. The average molecular weight is 268 g/mol. The van der Waals surface area contributed by atoms with E-state index in [4.69, 9.17) is 0 Å². The van der Waals surface area contributed by atoms with Gasteiger partial charge in [-0.15, -0.1) is 0 Å². The molecule has 0 bridgehead atoms. The van der Waals surface area contributed by atoms with Crippen LogP contribution in [0.1, 0.15) is 22.8 Å². The van der Waals surface area contributed by atoms with E-state index in [1.165, 1.54) is 6.92 Å². The van der Waals surface area contributed by atoms with Crippen LogP contribution in [0.25, 0.3) is 0 Å². The van der Waals surface area contributed by atoms with Crippen molar-refractivity contribution in [2.45, 2.75) is 19.4 Å². The van der Waals surface area contributed by atoms with Gasteiger partial charge in [0.1, 0.15) is 0 Å². The van der Waals surface area contributed by atoms with Gasteiger partial charge in [0.15, 0.2) is 5.78 Å². The van der Waals surface area contributed by atoms with E-state index >= 15 is 0 Å². The van der Waals surface area contributed by atoms with Crippen molar-refractivity contribution in [3.63, 3.8) is 0 Å². The Labute approximate surface area is 96.0 Å². The van der Waals surface area contributed by atoms with Crippen molar-refractivity contribution < 1.29 is 9.59 Å². The van der Waals surface area contributed by atoms with E-state index in [1.807, 2.05) is 12.1 Å². The van der Waals surface area contributed by atoms with Gasteiger partial charge in [-0.3, -0.25) is 9.59 Å². The lowest BCUT2D eigenvalue weighted by Gasteiger charge is -2.07. The van der Waals surface area contributed by atoms with Gasteiger partial charge >= 0.3 is 0 Å². The number of carbonyl (C=O) groups is 2. The maximum atomic E-state index is 11.8. The average Bonchev–Trinajstić information content (AvgIpc) is 2.46. The fourth-order valence-electron chi connectivity index (χ4n) is 1.84. The third kappa shape index (κ3) is 1.81. The highest BCUT2D eigenvalue weighted by atomic mass is 79.9. The normalized spacial score (nSPS) is 18.8. The molecule has 0 spiro atoms. The molecule has 1 aliphatic rings. The molecule has 1 N–H and O–H groups in total. The van der Waals surface area contributed by atoms with Crippen LogP contribution < -0.4 is 5.32 Å². The van der Waals surface area contributed by atoms with Crippen molar-refractivity contribution in [3.8, 4) is 0 Å². The quantitative estimate of drug-likeness (QED) is 0.842. The number of fused-ring (bicyclic) bond motifs is 1. The van der Waals surface area contributed by atoms with E-state index < -0.39 is 6.04 Å². The zero-order chi connectivity index (χ0) is 11.0. The summed E-state index contributed by atoms with van der Waals surface area (Å²) in [6.45, 7) is 1.42. The number of rotatable bonds is 1. The van der Waals surface area contributed by atoms with Gasteiger partial charge < -0.3 is 5.32 Å². The highest BCUT2D eigenvalue weighted by Gasteiger charge is 2.31. The fraction of sp³-hybridized carbons (Fsp3) is 0.273. The number of nitrogens with one attached hydrogen (secondary N) is 1. The minimum atomic E-state index is -0.392. The summed E-state index contributed by atoms with van der Waals surface area (Å²) in [6, 6.07) is 5.14. The second kappa shape index (κ2) is 3.77. The van der Waals surface area contributed by atoms with Gasteiger partial charge in [0.2, 0.25) is 5.91 Å². The fourth-order valence-corrected chi connectivity index (χ4v) is 2.37. The molecule has 78 valence electrons. The van der Waals surface area contributed by atoms with Gasteiger partial charge in [-0.05, 0) is 11.6 Å². The molecule has 0 heterocycles. The number of ketones is 1. The van der Waals surface area contributed by atoms with E-state index in [2.05, 4.69) is 21.2 Å². The first-order valence-corrected chi connectivity index (χ1v) is 5.47. The van der Waals surface area contributed by atoms with Crippen molar-refractivity contribution in [3.05, 3.63) is 33.8 Å². The van der Waals surface area contributed by atoms with Gasteiger partial charge in [0.25, 0.3) is 0 Å². The predicted molar refractivity (Wildman–Crippen MR) is 59.8 cm³/mol. The van der Waals surface area contributed by atoms with Crippen molar-refractivity contribution in [2.24, 2.45) is 0 Å². The first kappa shape index (κ1) is 10.4. The number of halogens is 1. The van der Waals surface area contributed by atoms with Crippen LogP contribution in [0.4, 0.5) is 0 Å². The first-order chi connectivity index (χ1) is 7.09. The molecule has 1 amide bonds. The molecule has 4 heteroatoms. The smallest absolute Gasteiger partial charge is 0.217 e. The highest BCUT2D eigenvalue weighted by Crippen LogP contribution is 2.28. The van der Waals surface area contributed by atoms with Crippen molar-refractivity contribution in [1.82, 2.24) is 5.32 Å². The number of carbonyl (C=O) groups excluding carboxylic acids is 2. The Hall–Kier alpha value is -1.16. The van der Waals surface area contributed by atoms with Crippen molar-refractivity contribution in [1.29, 1.82) is 0 Å². The van der Waals surface area contributed by atoms with Gasteiger partial charge in [0, 0.05) is 23.4 Å². The van der Waals surface area contributed by atoms with Crippen molar-refractivity contribution in [2.75, 3.05) is 0 Å². The minimum absolute atomic E-state index is 0.00139. The minimum Gasteiger partial charge on any atom is -0.346 e. The van der Waals surface area contributed by atoms with E-state index in [1.54, 1.807) is 6.07 Å². The van der Waals surface area contributed by atoms with Crippen LogP contribution in [0.15, 0.2) is 22.7 Å². The summed E-state index contributed by atoms with van der Waals surface area (Å²) in [5, 5.41) is 2.66. The molecule has 15 heavy (non-hydrogen) atoms. The molecule has 0 aliphatic heterocycles. The zero-order valence-electron chi connectivity index (χ0n) is 8.21. The third-order valence-electron chi connectivity index (χ3n) is 2.49. The number of amides is 1. The molecule has 0 radical (unpaired) electrons. The third-order valence-corrected chi connectivity index (χ3v) is 3.23. The monoisotopic (exact) mass is 267 g/mol. The summed E-state index contributed by atoms with van der Waals surface area (Å²) in [5.41, 5.74) is 1.70. The van der Waals surface area contributed by atoms with Gasteiger partial charge in [-0.1, -0.05) is 28.1 Å². The van der Waals surface area contributed by atoms with Gasteiger partial charge in [-0.25, -0.2) is 0 Å². The Morgan fingerprint density at radius 2 is 2.27 bits per heavy atom. The summed E-state index contributed by atoms with van der Waals surface area (Å²) < 4.78 is 0.932. The standard InChI is InChI=1S/C11H10BrNO2/c1-6(14)13-10-5-8-7(11(10)15)3-2-4-9(8)12/h2-4,10H,5H2,1H3,(H,13,14)/t10-/m0/s1. The molecule has 0 aromatic heterocycles. The molecule has 0 saturated carbocycles. The lowest BCUT2D eigenvalue weighted by molar-refractivity contribution is -0.119. The molecule has 1 aromatic rings. The highest BCUT2D eigenvalue weighted by molar-refractivity contribution is 9.10. The van der Waals surface area contributed by atoms with Crippen LogP contribution in [0.3, 0.4) is 0 Å². The van der Waals surface area contributed by atoms with Gasteiger partial charge in [0.05, 0.1) is 6.04 Å². The second-order valence-corrected chi connectivity index (χ2v) is 4.44. The Kier molecular flexibility index (Phi) is 2.61. The van der Waals surface area contributed by atoms with Crippen LogP contribution in [0, 0.1) is 0 Å². The zero-order valence-corrected chi connectivity index (χ0v) is 9.80. The molecule has 0 saturated heterocycles. The molecule has 3 nitrogen and oxygen atoms in total. The van der Waals surface area contributed by atoms with Crippen LogP contribution in [0.5, 0.6) is 0 Å². The molecular formula is C11H10BrNO2. The van der Waals surface area contributed by atoms with E-state index in [9.17, 15) is 9.59 Å². The van der Waals surface area contributed by atoms with Crippen LogP contribution in [-0.4, -0.2) is 17.7 Å². The van der Waals surface area contributed by atoms with Crippen LogP contribution >= 0.6 is 15.9 Å². The Morgan fingerprint density at radius 1 is 1.53 bits per heavy atom. The number of benzene rings is 1. The Balaban J connectivity index is 2.33. The number of hydrogen-bond donors (Lipinski definition) is 1. The molecule has 1 atom stereocenters. The van der Waals surface area contributed by atoms with E-state index in [0.29, 0.717) is 12.0 Å². The SMILES string of the molecule is CC(=O)N[C@H]1Cc2c(Br)cccc2C1=O.